The van der Waals surface area contributed by atoms with Crippen LogP contribution >= 0.6 is 0 Å². The number of carbonyl (C=O) groups is 2. The first-order valence-electron chi connectivity index (χ1n) is 7.69. The van der Waals surface area contributed by atoms with Gasteiger partial charge in [-0.25, -0.2) is 0 Å². The minimum absolute atomic E-state index is 0.0106. The predicted octanol–water partition coefficient (Wildman–Crippen LogP) is 1.98. The zero-order valence-electron chi connectivity index (χ0n) is 13.7. The van der Waals surface area contributed by atoms with Crippen molar-refractivity contribution < 1.29 is 14.3 Å². The predicted molar refractivity (Wildman–Crippen MR) is 85.8 cm³/mol. The summed E-state index contributed by atoms with van der Waals surface area (Å²) in [5.74, 6) is -0.175. The van der Waals surface area contributed by atoms with E-state index < -0.39 is 6.10 Å². The summed E-state index contributed by atoms with van der Waals surface area (Å²) in [6, 6.07) is 7.85. The highest BCUT2D eigenvalue weighted by Gasteiger charge is 2.30. The molecule has 1 aliphatic rings. The van der Waals surface area contributed by atoms with E-state index in [1.54, 1.807) is 16.7 Å². The van der Waals surface area contributed by atoms with Gasteiger partial charge in [-0.15, -0.1) is 0 Å². The summed E-state index contributed by atoms with van der Waals surface area (Å²) in [6.45, 7) is 8.69. The number of ether oxygens (including phenoxy) is 1. The Hall–Kier alpha value is -1.88. The van der Waals surface area contributed by atoms with Gasteiger partial charge in [-0.3, -0.25) is 9.59 Å². The van der Waals surface area contributed by atoms with Crippen LogP contribution in [0.3, 0.4) is 0 Å². The molecule has 0 radical (unpaired) electrons. The third-order valence-electron chi connectivity index (χ3n) is 3.70. The van der Waals surface area contributed by atoms with Gasteiger partial charge in [0.1, 0.15) is 12.6 Å². The Morgan fingerprint density at radius 3 is 2.32 bits per heavy atom. The molecule has 0 aliphatic carbocycles. The Morgan fingerprint density at radius 1 is 1.14 bits per heavy atom. The largest absolute Gasteiger partial charge is 0.366 e. The fourth-order valence-electron chi connectivity index (χ4n) is 2.58. The molecular formula is C17H24N2O3. The molecule has 0 spiro atoms. The van der Waals surface area contributed by atoms with Crippen LogP contribution in [0.2, 0.25) is 0 Å². The summed E-state index contributed by atoms with van der Waals surface area (Å²) in [4.78, 5) is 27.9. The summed E-state index contributed by atoms with van der Waals surface area (Å²) < 4.78 is 5.51. The van der Waals surface area contributed by atoms with Crippen LogP contribution < -0.4 is 4.90 Å². The smallest absolute Gasteiger partial charge is 0.251 e. The van der Waals surface area contributed by atoms with Gasteiger partial charge in [0, 0.05) is 18.8 Å². The quantitative estimate of drug-likeness (QED) is 0.854. The van der Waals surface area contributed by atoms with Crippen LogP contribution in [-0.4, -0.2) is 48.6 Å². The van der Waals surface area contributed by atoms with Crippen LogP contribution in [-0.2, 0) is 14.3 Å². The van der Waals surface area contributed by atoms with E-state index in [9.17, 15) is 9.59 Å². The lowest BCUT2D eigenvalue weighted by Gasteiger charge is -2.35. The van der Waals surface area contributed by atoms with Crippen molar-refractivity contribution in [2.45, 2.75) is 39.9 Å². The molecule has 0 N–H and O–H groups in total. The molecule has 1 atom stereocenters. The zero-order chi connectivity index (χ0) is 16.3. The van der Waals surface area contributed by atoms with Gasteiger partial charge in [0.25, 0.3) is 5.91 Å². The van der Waals surface area contributed by atoms with Crippen molar-refractivity contribution in [2.24, 2.45) is 0 Å². The molecule has 0 saturated carbocycles. The van der Waals surface area contributed by atoms with Crippen LogP contribution in [0.5, 0.6) is 0 Å². The second-order valence-corrected chi connectivity index (χ2v) is 5.97. The van der Waals surface area contributed by atoms with Crippen molar-refractivity contribution in [1.82, 2.24) is 4.90 Å². The molecule has 0 bridgehead atoms. The maximum Gasteiger partial charge on any atom is 0.251 e. The first-order chi connectivity index (χ1) is 10.4. The number of hydrogen-bond donors (Lipinski definition) is 0. The Balaban J connectivity index is 1.99. The average Bonchev–Trinajstić information content (AvgIpc) is 2.47. The Labute approximate surface area is 131 Å². The Kier molecular flexibility index (Phi) is 5.19. The van der Waals surface area contributed by atoms with Crippen molar-refractivity contribution in [2.75, 3.05) is 24.5 Å². The summed E-state index contributed by atoms with van der Waals surface area (Å²) in [6.07, 6.45) is -0.526. The van der Waals surface area contributed by atoms with Gasteiger partial charge in [-0.05, 0) is 39.8 Å². The number of anilines is 1. The van der Waals surface area contributed by atoms with Crippen LogP contribution in [0.15, 0.2) is 24.3 Å². The highest BCUT2D eigenvalue weighted by Crippen LogP contribution is 2.18. The number of piperazine rings is 1. The molecular weight excluding hydrogens is 280 g/mol. The van der Waals surface area contributed by atoms with Gasteiger partial charge in [-0.1, -0.05) is 17.7 Å². The molecule has 1 unspecified atom stereocenters. The highest BCUT2D eigenvalue weighted by molar-refractivity contribution is 5.98. The van der Waals surface area contributed by atoms with E-state index in [-0.39, 0.29) is 24.5 Å². The normalized spacial score (nSPS) is 17.0. The molecule has 1 aromatic carbocycles. The summed E-state index contributed by atoms with van der Waals surface area (Å²) in [7, 11) is 0. The number of benzene rings is 1. The van der Waals surface area contributed by atoms with Gasteiger partial charge in [0.05, 0.1) is 6.10 Å². The molecule has 1 aliphatic heterocycles. The van der Waals surface area contributed by atoms with Crippen molar-refractivity contribution in [3.05, 3.63) is 29.8 Å². The molecule has 2 rings (SSSR count). The van der Waals surface area contributed by atoms with Crippen molar-refractivity contribution >= 4 is 17.5 Å². The first-order valence-corrected chi connectivity index (χ1v) is 7.69. The maximum absolute atomic E-state index is 12.3. The summed E-state index contributed by atoms with van der Waals surface area (Å²) in [5.41, 5.74) is 2.04. The minimum atomic E-state index is -0.515. The summed E-state index contributed by atoms with van der Waals surface area (Å²) >= 11 is 0. The number of aryl methyl sites for hydroxylation is 1. The van der Waals surface area contributed by atoms with Gasteiger partial charge in [0.2, 0.25) is 5.91 Å². The number of hydrogen-bond acceptors (Lipinski definition) is 3. The first kappa shape index (κ1) is 16.5. The second kappa shape index (κ2) is 6.92. The Bertz CT molecular complexity index is 539. The molecule has 0 aromatic heterocycles. The van der Waals surface area contributed by atoms with Crippen LogP contribution in [0.1, 0.15) is 26.3 Å². The average molecular weight is 304 g/mol. The topological polar surface area (TPSA) is 49.9 Å². The zero-order valence-corrected chi connectivity index (χ0v) is 13.7. The number of carbonyl (C=O) groups excluding carboxylic acids is 2. The van der Waals surface area contributed by atoms with E-state index in [2.05, 4.69) is 0 Å². The highest BCUT2D eigenvalue weighted by atomic mass is 16.5. The van der Waals surface area contributed by atoms with E-state index in [0.29, 0.717) is 13.1 Å². The lowest BCUT2D eigenvalue weighted by Crippen LogP contribution is -2.54. The Morgan fingerprint density at radius 2 is 1.77 bits per heavy atom. The van der Waals surface area contributed by atoms with Gasteiger partial charge >= 0.3 is 0 Å². The number of amides is 2. The van der Waals surface area contributed by atoms with Gasteiger partial charge in [-0.2, -0.15) is 0 Å². The molecule has 5 nitrogen and oxygen atoms in total. The third kappa shape index (κ3) is 3.85. The van der Waals surface area contributed by atoms with Crippen LogP contribution in [0.4, 0.5) is 5.69 Å². The third-order valence-corrected chi connectivity index (χ3v) is 3.70. The van der Waals surface area contributed by atoms with Crippen molar-refractivity contribution in [1.29, 1.82) is 0 Å². The van der Waals surface area contributed by atoms with E-state index >= 15 is 0 Å². The molecule has 1 aromatic rings. The standard InChI is InChI=1S/C17H24N2O3/c1-12(2)22-14(4)17(21)18-9-10-19(16(20)11-18)15-7-5-13(3)6-8-15/h5-8,12,14H,9-11H2,1-4H3. The van der Waals surface area contributed by atoms with Crippen molar-refractivity contribution in [3.8, 4) is 0 Å². The lowest BCUT2D eigenvalue weighted by atomic mass is 10.2. The summed E-state index contributed by atoms with van der Waals surface area (Å²) in [5, 5.41) is 0. The maximum atomic E-state index is 12.3. The molecule has 1 fully saturated rings. The fourth-order valence-corrected chi connectivity index (χ4v) is 2.58. The second-order valence-electron chi connectivity index (χ2n) is 5.97. The van der Waals surface area contributed by atoms with E-state index in [1.807, 2.05) is 45.0 Å². The number of rotatable bonds is 4. The van der Waals surface area contributed by atoms with Gasteiger partial charge < -0.3 is 14.5 Å². The number of nitrogens with zero attached hydrogens (tertiary/aromatic N) is 2. The van der Waals surface area contributed by atoms with Gasteiger partial charge in [0.15, 0.2) is 0 Å². The van der Waals surface area contributed by atoms with Crippen LogP contribution in [0, 0.1) is 6.92 Å². The molecule has 2 amide bonds. The molecule has 120 valence electrons. The lowest BCUT2D eigenvalue weighted by molar-refractivity contribution is -0.148. The SMILES string of the molecule is Cc1ccc(N2CCN(C(=O)C(C)OC(C)C)CC2=O)cc1. The molecule has 5 heteroatoms. The minimum Gasteiger partial charge on any atom is -0.366 e. The van der Waals surface area contributed by atoms with E-state index in [1.165, 1.54) is 0 Å². The van der Waals surface area contributed by atoms with Crippen molar-refractivity contribution in [3.63, 3.8) is 0 Å². The van der Waals surface area contributed by atoms with E-state index in [4.69, 9.17) is 4.74 Å². The molecule has 1 saturated heterocycles. The fraction of sp³-hybridized carbons (Fsp3) is 0.529. The van der Waals surface area contributed by atoms with E-state index in [0.717, 1.165) is 11.3 Å². The monoisotopic (exact) mass is 304 g/mol. The molecule has 1 heterocycles. The molecule has 22 heavy (non-hydrogen) atoms. The van der Waals surface area contributed by atoms with Crippen LogP contribution in [0.25, 0.3) is 0 Å².